The summed E-state index contributed by atoms with van der Waals surface area (Å²) in [5.41, 5.74) is 0.151. The Labute approximate surface area is 133 Å². The van der Waals surface area contributed by atoms with Crippen molar-refractivity contribution in [2.24, 2.45) is 11.8 Å². The van der Waals surface area contributed by atoms with E-state index in [-0.39, 0.29) is 24.3 Å². The monoisotopic (exact) mass is 327 g/mol. The molecule has 126 valence electrons. The van der Waals surface area contributed by atoms with E-state index in [9.17, 15) is 18.0 Å². The summed E-state index contributed by atoms with van der Waals surface area (Å²) in [7, 11) is 0. The molecule has 3 atom stereocenters. The molecular formula is C17H20F3NO2. The average molecular weight is 327 g/mol. The quantitative estimate of drug-likeness (QED) is 0.923. The summed E-state index contributed by atoms with van der Waals surface area (Å²) in [6.07, 6.45) is -1.97. The molecule has 1 saturated carbocycles. The zero-order chi connectivity index (χ0) is 16.6. The van der Waals surface area contributed by atoms with Crippen molar-refractivity contribution in [2.45, 2.75) is 31.4 Å². The summed E-state index contributed by atoms with van der Waals surface area (Å²) in [5.74, 6) is 0.420. The van der Waals surface area contributed by atoms with Gasteiger partial charge in [-0.05, 0) is 48.8 Å². The van der Waals surface area contributed by atoms with Gasteiger partial charge >= 0.3 is 6.18 Å². The van der Waals surface area contributed by atoms with Crippen LogP contribution in [0.1, 0.15) is 36.3 Å². The van der Waals surface area contributed by atoms with Crippen LogP contribution in [0.3, 0.4) is 0 Å². The standard InChI is InChI=1S/C17H20F3NO2/c18-17(19,20)13-3-1-12(2-4-13)14-9-15(14)16(23)21-7-5-11(10-21)6-8-22/h1-4,11,14-15,22H,5-10H2/t11-,14-,15+/m0/s1. The first-order valence-corrected chi connectivity index (χ1v) is 7.97. The minimum atomic E-state index is -4.32. The van der Waals surface area contributed by atoms with Crippen LogP contribution in [-0.4, -0.2) is 35.6 Å². The van der Waals surface area contributed by atoms with Crippen molar-refractivity contribution in [3.8, 4) is 0 Å². The molecule has 1 aromatic carbocycles. The largest absolute Gasteiger partial charge is 0.416 e. The van der Waals surface area contributed by atoms with Crippen LogP contribution in [0.2, 0.25) is 0 Å². The molecule has 3 nitrogen and oxygen atoms in total. The molecule has 6 heteroatoms. The van der Waals surface area contributed by atoms with E-state index in [0.717, 1.165) is 37.1 Å². The maximum absolute atomic E-state index is 12.6. The molecule has 1 heterocycles. The van der Waals surface area contributed by atoms with E-state index in [1.54, 1.807) is 0 Å². The smallest absolute Gasteiger partial charge is 0.396 e. The van der Waals surface area contributed by atoms with E-state index in [4.69, 9.17) is 5.11 Å². The number of likely N-dealkylation sites (tertiary alicyclic amines) is 1. The molecule has 1 aromatic rings. The molecule has 1 aliphatic heterocycles. The van der Waals surface area contributed by atoms with Gasteiger partial charge in [-0.15, -0.1) is 0 Å². The van der Waals surface area contributed by atoms with Crippen molar-refractivity contribution in [1.82, 2.24) is 4.90 Å². The Morgan fingerprint density at radius 3 is 2.57 bits per heavy atom. The van der Waals surface area contributed by atoms with Gasteiger partial charge < -0.3 is 10.0 Å². The molecule has 23 heavy (non-hydrogen) atoms. The summed E-state index contributed by atoms with van der Waals surface area (Å²) in [4.78, 5) is 14.3. The molecule has 3 rings (SSSR count). The minimum Gasteiger partial charge on any atom is -0.396 e. The van der Waals surface area contributed by atoms with Crippen molar-refractivity contribution in [2.75, 3.05) is 19.7 Å². The van der Waals surface area contributed by atoms with Crippen LogP contribution in [-0.2, 0) is 11.0 Å². The number of nitrogens with zero attached hydrogens (tertiary/aromatic N) is 1. The number of benzene rings is 1. The highest BCUT2D eigenvalue weighted by atomic mass is 19.4. The first-order chi connectivity index (χ1) is 10.9. The van der Waals surface area contributed by atoms with Crippen molar-refractivity contribution in [3.63, 3.8) is 0 Å². The van der Waals surface area contributed by atoms with Crippen LogP contribution in [0, 0.1) is 11.8 Å². The van der Waals surface area contributed by atoms with Crippen molar-refractivity contribution < 1.29 is 23.1 Å². The second kappa shape index (κ2) is 6.15. The number of carbonyl (C=O) groups is 1. The van der Waals surface area contributed by atoms with E-state index in [0.29, 0.717) is 18.9 Å². The van der Waals surface area contributed by atoms with E-state index >= 15 is 0 Å². The van der Waals surface area contributed by atoms with Gasteiger partial charge in [0, 0.05) is 25.6 Å². The highest BCUT2D eigenvalue weighted by molar-refractivity contribution is 5.83. The number of rotatable bonds is 4. The third-order valence-electron chi connectivity index (χ3n) is 4.91. The van der Waals surface area contributed by atoms with Crippen molar-refractivity contribution in [3.05, 3.63) is 35.4 Å². The first-order valence-electron chi connectivity index (χ1n) is 7.97. The molecule has 1 amide bonds. The Kier molecular flexibility index (Phi) is 4.36. The van der Waals surface area contributed by atoms with Crippen molar-refractivity contribution in [1.29, 1.82) is 0 Å². The van der Waals surface area contributed by atoms with Crippen LogP contribution >= 0.6 is 0 Å². The van der Waals surface area contributed by atoms with Crippen LogP contribution in [0.25, 0.3) is 0 Å². The predicted molar refractivity (Wildman–Crippen MR) is 78.7 cm³/mol. The van der Waals surface area contributed by atoms with Gasteiger partial charge in [0.1, 0.15) is 0 Å². The van der Waals surface area contributed by atoms with E-state index in [2.05, 4.69) is 0 Å². The molecule has 2 fully saturated rings. The highest BCUT2D eigenvalue weighted by Gasteiger charge is 2.46. The number of carbonyl (C=O) groups excluding carboxylic acids is 1. The Morgan fingerprint density at radius 1 is 1.26 bits per heavy atom. The number of aliphatic hydroxyl groups is 1. The number of hydrogen-bond acceptors (Lipinski definition) is 2. The fraction of sp³-hybridized carbons (Fsp3) is 0.588. The number of alkyl halides is 3. The van der Waals surface area contributed by atoms with Gasteiger partial charge in [-0.25, -0.2) is 0 Å². The Bertz CT molecular complexity index is 570. The molecule has 0 bridgehead atoms. The maximum atomic E-state index is 12.6. The molecule has 2 aliphatic rings. The van der Waals surface area contributed by atoms with Crippen LogP contribution in [0.4, 0.5) is 13.2 Å². The number of amides is 1. The maximum Gasteiger partial charge on any atom is 0.416 e. The lowest BCUT2D eigenvalue weighted by molar-refractivity contribution is -0.137. The summed E-state index contributed by atoms with van der Waals surface area (Å²) >= 11 is 0. The first kappa shape index (κ1) is 16.3. The molecule has 0 aromatic heterocycles. The van der Waals surface area contributed by atoms with Gasteiger partial charge in [0.25, 0.3) is 0 Å². The Morgan fingerprint density at radius 2 is 1.96 bits per heavy atom. The lowest BCUT2D eigenvalue weighted by Gasteiger charge is -2.16. The highest BCUT2D eigenvalue weighted by Crippen LogP contribution is 2.49. The fourth-order valence-electron chi connectivity index (χ4n) is 3.44. The number of hydrogen-bond donors (Lipinski definition) is 1. The summed E-state index contributed by atoms with van der Waals surface area (Å²) in [6.45, 7) is 1.56. The van der Waals surface area contributed by atoms with Gasteiger partial charge in [0.05, 0.1) is 5.56 Å². The predicted octanol–water partition coefficient (Wildman–Crippen LogP) is 3.04. The summed E-state index contributed by atoms with van der Waals surface area (Å²) in [6, 6.07) is 5.14. The molecular weight excluding hydrogens is 307 g/mol. The second-order valence-electron chi connectivity index (χ2n) is 6.52. The molecule has 0 spiro atoms. The zero-order valence-corrected chi connectivity index (χ0v) is 12.7. The molecule has 1 N–H and O–H groups in total. The number of aliphatic hydroxyl groups excluding tert-OH is 1. The van der Waals surface area contributed by atoms with E-state index in [1.165, 1.54) is 12.1 Å². The van der Waals surface area contributed by atoms with Gasteiger partial charge in [-0.3, -0.25) is 4.79 Å². The second-order valence-corrected chi connectivity index (χ2v) is 6.52. The molecule has 1 aliphatic carbocycles. The Balaban J connectivity index is 1.58. The van der Waals surface area contributed by atoms with Gasteiger partial charge in [-0.1, -0.05) is 12.1 Å². The third-order valence-corrected chi connectivity index (χ3v) is 4.91. The van der Waals surface area contributed by atoms with Gasteiger partial charge in [0.2, 0.25) is 5.91 Å². The van der Waals surface area contributed by atoms with E-state index < -0.39 is 11.7 Å². The van der Waals surface area contributed by atoms with Crippen LogP contribution < -0.4 is 0 Å². The fourth-order valence-corrected chi connectivity index (χ4v) is 3.44. The SMILES string of the molecule is O=C([C@@H]1C[C@H]1c1ccc(C(F)(F)F)cc1)N1CC[C@@H](CCO)C1. The average Bonchev–Trinajstić information content (AvgIpc) is 3.18. The third kappa shape index (κ3) is 3.52. The van der Waals surface area contributed by atoms with Crippen LogP contribution in [0.15, 0.2) is 24.3 Å². The minimum absolute atomic E-state index is 0.0432. The normalized spacial score (nSPS) is 27.3. The van der Waals surface area contributed by atoms with Gasteiger partial charge in [0.15, 0.2) is 0 Å². The lowest BCUT2D eigenvalue weighted by Crippen LogP contribution is -2.30. The number of halogens is 3. The Hall–Kier alpha value is -1.56. The zero-order valence-electron chi connectivity index (χ0n) is 12.7. The molecule has 0 radical (unpaired) electrons. The van der Waals surface area contributed by atoms with E-state index in [1.807, 2.05) is 4.90 Å². The molecule has 0 unspecified atom stereocenters. The summed E-state index contributed by atoms with van der Waals surface area (Å²) < 4.78 is 37.7. The van der Waals surface area contributed by atoms with Crippen LogP contribution in [0.5, 0.6) is 0 Å². The van der Waals surface area contributed by atoms with Gasteiger partial charge in [-0.2, -0.15) is 13.2 Å². The van der Waals surface area contributed by atoms with Crippen molar-refractivity contribution >= 4 is 5.91 Å². The molecule has 1 saturated heterocycles. The summed E-state index contributed by atoms with van der Waals surface area (Å²) in [5, 5.41) is 8.96. The topological polar surface area (TPSA) is 40.5 Å². The lowest BCUT2D eigenvalue weighted by atomic mass is 10.1.